The number of benzene rings is 6. The predicted octanol–water partition coefficient (Wildman–Crippen LogP) is 15.4. The number of aromatic nitrogens is 7. The van der Waals surface area contributed by atoms with Gasteiger partial charge in [0.1, 0.15) is 0 Å². The summed E-state index contributed by atoms with van der Waals surface area (Å²) in [5.74, 6) is 1.27. The maximum atomic E-state index is 5.47. The Labute approximate surface area is 428 Å². The number of rotatable bonds is 11. The van der Waals surface area contributed by atoms with Crippen molar-refractivity contribution in [2.45, 2.75) is 13.8 Å². The van der Waals surface area contributed by atoms with Crippen LogP contribution in [0, 0.1) is 13.8 Å². The van der Waals surface area contributed by atoms with Crippen molar-refractivity contribution in [1.82, 2.24) is 34.9 Å². The highest BCUT2D eigenvalue weighted by Crippen LogP contribution is 2.39. The molecular weight excluding hydrogens is 911 g/mol. The number of H-pyrrole nitrogens is 2. The maximum absolute atomic E-state index is 5.47. The SMILES string of the molecule is CNc1nc(Nc2cc(C)cc(C)c2)nc(Nc2cccc(/C=N/c3ccc(-c4c5nc(c(-c6ccccc6)c6ccc([nH]6)c(-c6ccccc6)c6nc(c(-c7ccccc7)c7ccc4[nH]7)C=C6)C=C5)cc3)c2)n1. The van der Waals surface area contributed by atoms with Crippen LogP contribution in [0.15, 0.2) is 187 Å². The minimum Gasteiger partial charge on any atom is -0.357 e. The minimum atomic E-state index is 0.400. The molecule has 2 aliphatic rings. The van der Waals surface area contributed by atoms with E-state index >= 15 is 0 Å². The van der Waals surface area contributed by atoms with E-state index in [1.165, 1.54) is 0 Å². The summed E-state index contributed by atoms with van der Waals surface area (Å²) in [7, 11) is 1.78. The molecule has 0 atom stereocenters. The third-order valence-corrected chi connectivity index (χ3v) is 12.9. The molecule has 0 saturated carbocycles. The van der Waals surface area contributed by atoms with Gasteiger partial charge in [-0.05, 0) is 138 Å². The number of aromatic amines is 2. The van der Waals surface area contributed by atoms with Crippen LogP contribution in [-0.2, 0) is 0 Å². The normalized spacial score (nSPS) is 11.8. The van der Waals surface area contributed by atoms with E-state index in [1.807, 2.05) is 60.8 Å². The van der Waals surface area contributed by atoms with Crippen molar-refractivity contribution in [3.05, 3.63) is 221 Å². The lowest BCUT2D eigenvalue weighted by Gasteiger charge is -2.11. The van der Waals surface area contributed by atoms with Gasteiger partial charge in [0.05, 0.1) is 28.5 Å². The first-order valence-corrected chi connectivity index (χ1v) is 24.5. The van der Waals surface area contributed by atoms with Gasteiger partial charge in [0, 0.05) is 69.0 Å². The Hall–Kier alpha value is -10.0. The molecule has 2 aliphatic heterocycles. The van der Waals surface area contributed by atoms with E-state index in [1.54, 1.807) is 7.05 Å². The smallest absolute Gasteiger partial charge is 0.233 e. The molecule has 0 fully saturated rings. The second kappa shape index (κ2) is 19.7. The first kappa shape index (κ1) is 45.2. The first-order chi connectivity index (χ1) is 36.4. The molecule has 11 nitrogen and oxygen atoms in total. The zero-order chi connectivity index (χ0) is 50.0. The monoisotopic (exact) mass is 959 g/mol. The summed E-state index contributed by atoms with van der Waals surface area (Å²) < 4.78 is 0. The number of nitrogens with one attached hydrogen (secondary N) is 5. The number of aryl methyl sites for hydroxylation is 2. The van der Waals surface area contributed by atoms with Gasteiger partial charge < -0.3 is 25.9 Å². The van der Waals surface area contributed by atoms with E-state index in [9.17, 15) is 0 Å². The van der Waals surface area contributed by atoms with Crippen LogP contribution in [0.1, 0.15) is 39.5 Å². The molecule has 11 heteroatoms. The molecule has 12 rings (SSSR count). The molecule has 0 radical (unpaired) electrons. The van der Waals surface area contributed by atoms with Crippen molar-refractivity contribution in [1.29, 1.82) is 0 Å². The molecule has 6 heterocycles. The second-order valence-corrected chi connectivity index (χ2v) is 18.2. The van der Waals surface area contributed by atoms with Gasteiger partial charge in [-0.1, -0.05) is 121 Å². The highest BCUT2D eigenvalue weighted by molar-refractivity contribution is 6.00. The first-order valence-electron chi connectivity index (χ1n) is 24.5. The minimum absolute atomic E-state index is 0.400. The van der Waals surface area contributed by atoms with Gasteiger partial charge in [-0.15, -0.1) is 0 Å². The van der Waals surface area contributed by atoms with Gasteiger partial charge in [-0.25, -0.2) is 9.97 Å². The van der Waals surface area contributed by atoms with Gasteiger partial charge in [0.25, 0.3) is 0 Å². The largest absolute Gasteiger partial charge is 0.357 e. The van der Waals surface area contributed by atoms with Crippen molar-refractivity contribution >= 4 is 87.5 Å². The quantitative estimate of drug-likeness (QED) is 0.0806. The molecule has 4 aromatic heterocycles. The third-order valence-electron chi connectivity index (χ3n) is 12.9. The van der Waals surface area contributed by atoms with Crippen molar-refractivity contribution in [2.24, 2.45) is 4.99 Å². The predicted molar refractivity (Wildman–Crippen MR) is 306 cm³/mol. The third kappa shape index (κ3) is 9.36. The van der Waals surface area contributed by atoms with Crippen LogP contribution in [0.25, 0.3) is 90.9 Å². The van der Waals surface area contributed by atoms with Gasteiger partial charge >= 0.3 is 0 Å². The Kier molecular flexibility index (Phi) is 12.0. The van der Waals surface area contributed by atoms with E-state index < -0.39 is 0 Å². The zero-order valence-corrected chi connectivity index (χ0v) is 40.9. The van der Waals surface area contributed by atoms with Gasteiger partial charge in [-0.2, -0.15) is 15.0 Å². The van der Waals surface area contributed by atoms with Gasteiger partial charge in [0.15, 0.2) is 0 Å². The fourth-order valence-electron chi connectivity index (χ4n) is 9.70. The molecule has 0 aliphatic carbocycles. The number of anilines is 5. The average Bonchev–Trinajstić information content (AvgIpc) is 4.28. The van der Waals surface area contributed by atoms with Crippen LogP contribution >= 0.6 is 0 Å². The lowest BCUT2D eigenvalue weighted by Crippen LogP contribution is -2.07. The summed E-state index contributed by atoms with van der Waals surface area (Å²) in [5, 5.41) is 9.74. The van der Waals surface area contributed by atoms with Crippen molar-refractivity contribution in [3.63, 3.8) is 0 Å². The Bertz CT molecular complexity index is 3950. The fraction of sp³-hybridized carbons (Fsp3) is 0.0476. The molecule has 356 valence electrons. The van der Waals surface area contributed by atoms with E-state index in [2.05, 4.69) is 206 Å². The van der Waals surface area contributed by atoms with Gasteiger partial charge in [-0.3, -0.25) is 4.99 Å². The molecule has 0 spiro atoms. The molecule has 6 aromatic carbocycles. The Morgan fingerprint density at radius 3 is 1.26 bits per heavy atom. The average molecular weight is 960 g/mol. The summed E-state index contributed by atoms with van der Waals surface area (Å²) >= 11 is 0. The fourth-order valence-corrected chi connectivity index (χ4v) is 9.70. The number of nitrogens with zero attached hydrogens (tertiary/aromatic N) is 6. The van der Waals surface area contributed by atoms with E-state index in [0.717, 1.165) is 123 Å². The number of hydrogen-bond acceptors (Lipinski definition) is 9. The lowest BCUT2D eigenvalue weighted by molar-refractivity contribution is 1.06. The Morgan fingerprint density at radius 2 is 0.811 bits per heavy atom. The summed E-state index contributed by atoms with van der Waals surface area (Å²) in [6.07, 6.45) is 10.4. The summed E-state index contributed by atoms with van der Waals surface area (Å²) in [6.45, 7) is 4.13. The van der Waals surface area contributed by atoms with Gasteiger partial charge in [0.2, 0.25) is 17.8 Å². The topological polar surface area (TPSA) is 144 Å². The molecule has 0 saturated heterocycles. The van der Waals surface area contributed by atoms with Crippen molar-refractivity contribution in [3.8, 4) is 44.5 Å². The number of aliphatic imine (C=N–C) groups is 1. The summed E-state index contributed by atoms with van der Waals surface area (Å²) in [6, 6.07) is 62.6. The standard InChI is InChI=1S/C63H49N11/c1-39-34-40(2)36-48(35-39)67-63-73-61(64-3)72-62(74-63)66-47-21-13-14-41(37-47)38-65-46-24-22-45(23-25-46)60-55-32-30-53(70-55)58(43-17-9-5-10-18-43)51-28-26-49(68-51)57(42-15-7-4-8-16-42)50-27-29-52(69-50)59(44-19-11-6-12-20-44)54-31-33-56(60)71-54/h4-38,68,71H,1-3H3,(H3,64,66,67,72,73,74)/b57-49?,57-50?,58-51?,58-53?,59-52?,59-54?,60-55?,60-56?,65-38+. The second-order valence-electron chi connectivity index (χ2n) is 18.2. The maximum Gasteiger partial charge on any atom is 0.233 e. The molecule has 8 bridgehead atoms. The van der Waals surface area contributed by atoms with Crippen LogP contribution in [0.4, 0.5) is 34.9 Å². The summed E-state index contributed by atoms with van der Waals surface area (Å²) in [4.78, 5) is 37.3. The van der Waals surface area contributed by atoms with E-state index in [0.29, 0.717) is 17.8 Å². The van der Waals surface area contributed by atoms with E-state index in [4.69, 9.17) is 15.0 Å². The molecule has 5 N–H and O–H groups in total. The molecule has 0 unspecified atom stereocenters. The van der Waals surface area contributed by atoms with E-state index in [-0.39, 0.29) is 0 Å². The van der Waals surface area contributed by atoms with Crippen LogP contribution in [0.5, 0.6) is 0 Å². The highest BCUT2D eigenvalue weighted by Gasteiger charge is 2.19. The molecule has 74 heavy (non-hydrogen) atoms. The lowest BCUT2D eigenvalue weighted by atomic mass is 10.0. The van der Waals surface area contributed by atoms with Crippen LogP contribution in [0.3, 0.4) is 0 Å². The molecular formula is C63H49N11. The van der Waals surface area contributed by atoms with Crippen molar-refractivity contribution in [2.75, 3.05) is 23.0 Å². The number of hydrogen-bond donors (Lipinski definition) is 5. The summed E-state index contributed by atoms with van der Waals surface area (Å²) in [5.41, 5.74) is 21.1. The van der Waals surface area contributed by atoms with Crippen LogP contribution < -0.4 is 16.0 Å². The van der Waals surface area contributed by atoms with Crippen LogP contribution in [-0.4, -0.2) is 48.2 Å². The van der Waals surface area contributed by atoms with Crippen molar-refractivity contribution < 1.29 is 0 Å². The molecule has 0 amide bonds. The Morgan fingerprint density at radius 1 is 0.392 bits per heavy atom. The number of fused-ring (bicyclic) bond motifs is 8. The molecule has 10 aromatic rings. The zero-order valence-electron chi connectivity index (χ0n) is 40.9. The highest BCUT2D eigenvalue weighted by atomic mass is 15.3. The Balaban J connectivity index is 0.945. The van der Waals surface area contributed by atoms with Crippen LogP contribution in [0.2, 0.25) is 0 Å².